The van der Waals surface area contributed by atoms with E-state index in [0.29, 0.717) is 25.9 Å². The molecule has 1 aliphatic rings. The number of hydrogen-bond donors (Lipinski definition) is 2. The fourth-order valence-electron chi connectivity index (χ4n) is 3.16. The fourth-order valence-corrected chi connectivity index (χ4v) is 3.16. The molecule has 0 radical (unpaired) electrons. The summed E-state index contributed by atoms with van der Waals surface area (Å²) in [6.45, 7) is 4.77. The van der Waals surface area contributed by atoms with Crippen molar-refractivity contribution < 1.29 is 4.79 Å². The molecule has 7 heteroatoms. The standard InChI is InChI=1S/C18H28N4O3/c1-3-5-11-22-16(19)15(17(24)20-18(22)25)21(10-4-2)14(23)12-13-8-6-7-9-13/h6,8,13H,3-5,7,9-12,19H2,1-2H3,(H,20,24,25)/t13-/m0/s1. The van der Waals surface area contributed by atoms with Gasteiger partial charge in [-0.25, -0.2) is 4.79 Å². The number of nitrogen functional groups attached to an aromatic ring is 1. The number of unbranched alkanes of at least 4 members (excludes halogenated alkanes) is 1. The average Bonchev–Trinajstić information content (AvgIpc) is 3.06. The molecule has 0 aromatic carbocycles. The molecule has 0 saturated carbocycles. The Morgan fingerprint density at radius 3 is 2.72 bits per heavy atom. The Hall–Kier alpha value is -2.31. The number of hydrogen-bond acceptors (Lipinski definition) is 4. The van der Waals surface area contributed by atoms with Crippen LogP contribution in [0.2, 0.25) is 0 Å². The van der Waals surface area contributed by atoms with Crippen molar-refractivity contribution in [1.29, 1.82) is 0 Å². The molecule has 0 fully saturated rings. The Kier molecular flexibility index (Phi) is 6.61. The minimum Gasteiger partial charge on any atom is -0.383 e. The predicted octanol–water partition coefficient (Wildman–Crippen LogP) is 2.02. The van der Waals surface area contributed by atoms with E-state index in [0.717, 1.165) is 25.7 Å². The van der Waals surface area contributed by atoms with Crippen molar-refractivity contribution in [2.45, 2.75) is 58.9 Å². The van der Waals surface area contributed by atoms with Gasteiger partial charge in [-0.05, 0) is 31.6 Å². The molecule has 1 heterocycles. The summed E-state index contributed by atoms with van der Waals surface area (Å²) >= 11 is 0. The van der Waals surface area contributed by atoms with Gasteiger partial charge >= 0.3 is 5.69 Å². The summed E-state index contributed by atoms with van der Waals surface area (Å²) in [5.41, 5.74) is 5.12. The van der Waals surface area contributed by atoms with E-state index in [1.54, 1.807) is 0 Å². The first-order chi connectivity index (χ1) is 12.0. The number of amides is 1. The van der Waals surface area contributed by atoms with Crippen LogP contribution in [-0.2, 0) is 11.3 Å². The van der Waals surface area contributed by atoms with Crippen molar-refractivity contribution >= 4 is 17.4 Å². The number of rotatable bonds is 8. The van der Waals surface area contributed by atoms with Gasteiger partial charge in [-0.1, -0.05) is 32.4 Å². The highest BCUT2D eigenvalue weighted by Gasteiger charge is 2.25. The molecule has 2 rings (SSSR count). The summed E-state index contributed by atoms with van der Waals surface area (Å²) in [5.74, 6) is 0.153. The van der Waals surface area contributed by atoms with E-state index in [9.17, 15) is 14.4 Å². The second-order valence-electron chi connectivity index (χ2n) is 6.51. The van der Waals surface area contributed by atoms with Gasteiger partial charge < -0.3 is 10.6 Å². The monoisotopic (exact) mass is 348 g/mol. The van der Waals surface area contributed by atoms with Crippen LogP contribution < -0.4 is 21.9 Å². The molecule has 1 aromatic heterocycles. The van der Waals surface area contributed by atoms with Gasteiger partial charge in [0.2, 0.25) is 5.91 Å². The highest BCUT2D eigenvalue weighted by atomic mass is 16.2. The Labute approximate surface area is 147 Å². The lowest BCUT2D eigenvalue weighted by atomic mass is 10.0. The van der Waals surface area contributed by atoms with Gasteiger partial charge in [0.05, 0.1) is 0 Å². The summed E-state index contributed by atoms with van der Waals surface area (Å²) in [4.78, 5) is 41.0. The molecule has 0 spiro atoms. The van der Waals surface area contributed by atoms with E-state index in [-0.39, 0.29) is 23.3 Å². The molecule has 0 saturated heterocycles. The third-order valence-corrected chi connectivity index (χ3v) is 4.52. The van der Waals surface area contributed by atoms with Crippen LogP contribution >= 0.6 is 0 Å². The Morgan fingerprint density at radius 1 is 1.36 bits per heavy atom. The quantitative estimate of drug-likeness (QED) is 0.702. The zero-order valence-electron chi connectivity index (χ0n) is 15.1. The number of allylic oxidation sites excluding steroid dienone is 2. The van der Waals surface area contributed by atoms with Crippen molar-refractivity contribution in [3.8, 4) is 0 Å². The van der Waals surface area contributed by atoms with Gasteiger partial charge in [0, 0.05) is 19.5 Å². The lowest BCUT2D eigenvalue weighted by Gasteiger charge is -2.25. The van der Waals surface area contributed by atoms with E-state index in [1.165, 1.54) is 9.47 Å². The zero-order chi connectivity index (χ0) is 18.4. The Morgan fingerprint density at radius 2 is 2.12 bits per heavy atom. The van der Waals surface area contributed by atoms with E-state index in [2.05, 4.69) is 17.1 Å². The molecule has 1 aliphatic carbocycles. The van der Waals surface area contributed by atoms with Crippen LogP contribution in [0, 0.1) is 5.92 Å². The van der Waals surface area contributed by atoms with Crippen molar-refractivity contribution in [3.63, 3.8) is 0 Å². The molecule has 0 bridgehead atoms. The van der Waals surface area contributed by atoms with Crippen LogP contribution in [0.3, 0.4) is 0 Å². The summed E-state index contributed by atoms with van der Waals surface area (Å²) in [6.07, 6.45) is 8.77. The summed E-state index contributed by atoms with van der Waals surface area (Å²) < 4.78 is 1.35. The molecule has 1 amide bonds. The van der Waals surface area contributed by atoms with Gasteiger partial charge in [0.15, 0.2) is 5.69 Å². The number of anilines is 2. The number of nitrogens with zero attached hydrogens (tertiary/aromatic N) is 2. The van der Waals surface area contributed by atoms with Crippen LogP contribution in [0.5, 0.6) is 0 Å². The summed E-state index contributed by atoms with van der Waals surface area (Å²) in [7, 11) is 0. The van der Waals surface area contributed by atoms with Gasteiger partial charge in [0.1, 0.15) is 5.82 Å². The number of carbonyl (C=O) groups is 1. The maximum atomic E-state index is 12.8. The molecule has 3 N–H and O–H groups in total. The lowest BCUT2D eigenvalue weighted by molar-refractivity contribution is -0.119. The minimum atomic E-state index is -0.598. The molecule has 1 atom stereocenters. The molecule has 0 aliphatic heterocycles. The zero-order valence-corrected chi connectivity index (χ0v) is 15.1. The minimum absolute atomic E-state index is 0.0750. The Balaban J connectivity index is 2.39. The van der Waals surface area contributed by atoms with Crippen LogP contribution in [0.15, 0.2) is 21.7 Å². The molecule has 7 nitrogen and oxygen atoms in total. The van der Waals surface area contributed by atoms with Gasteiger partial charge in [0.25, 0.3) is 5.56 Å². The predicted molar refractivity (Wildman–Crippen MR) is 99.8 cm³/mol. The Bertz CT molecular complexity index is 748. The van der Waals surface area contributed by atoms with Gasteiger partial charge in [-0.3, -0.25) is 19.1 Å². The molecule has 25 heavy (non-hydrogen) atoms. The molecular formula is C18H28N4O3. The number of carbonyl (C=O) groups excluding carboxylic acids is 1. The number of nitrogens with one attached hydrogen (secondary N) is 1. The van der Waals surface area contributed by atoms with Crippen molar-refractivity contribution in [2.75, 3.05) is 17.2 Å². The SMILES string of the molecule is CCCCn1c(N)c(N(CCC)C(=O)C[C@H]2C=CCC2)c(=O)[nH]c1=O. The second-order valence-corrected chi connectivity index (χ2v) is 6.51. The molecule has 0 unspecified atom stereocenters. The number of aromatic amines is 1. The summed E-state index contributed by atoms with van der Waals surface area (Å²) in [6, 6.07) is 0. The van der Waals surface area contributed by atoms with Crippen LogP contribution in [-0.4, -0.2) is 22.0 Å². The van der Waals surface area contributed by atoms with Gasteiger partial charge in [-0.15, -0.1) is 0 Å². The number of aromatic nitrogens is 2. The molecular weight excluding hydrogens is 320 g/mol. The summed E-state index contributed by atoms with van der Waals surface area (Å²) in [5, 5.41) is 0. The van der Waals surface area contributed by atoms with E-state index >= 15 is 0 Å². The van der Waals surface area contributed by atoms with E-state index < -0.39 is 11.2 Å². The maximum absolute atomic E-state index is 12.8. The smallest absolute Gasteiger partial charge is 0.330 e. The number of H-pyrrole nitrogens is 1. The van der Waals surface area contributed by atoms with Crippen LogP contribution in [0.4, 0.5) is 11.5 Å². The van der Waals surface area contributed by atoms with Crippen molar-refractivity contribution in [1.82, 2.24) is 9.55 Å². The maximum Gasteiger partial charge on any atom is 0.330 e. The average molecular weight is 348 g/mol. The molecule has 138 valence electrons. The van der Waals surface area contributed by atoms with E-state index in [1.807, 2.05) is 13.8 Å². The van der Waals surface area contributed by atoms with Crippen LogP contribution in [0.25, 0.3) is 0 Å². The lowest BCUT2D eigenvalue weighted by Crippen LogP contribution is -2.42. The van der Waals surface area contributed by atoms with Crippen LogP contribution in [0.1, 0.15) is 52.4 Å². The highest BCUT2D eigenvalue weighted by molar-refractivity contribution is 5.95. The third kappa shape index (κ3) is 4.41. The first-order valence-electron chi connectivity index (χ1n) is 9.09. The number of nitrogens with two attached hydrogens (primary N) is 1. The van der Waals surface area contributed by atoms with Crippen molar-refractivity contribution in [3.05, 3.63) is 33.0 Å². The largest absolute Gasteiger partial charge is 0.383 e. The third-order valence-electron chi connectivity index (χ3n) is 4.52. The fraction of sp³-hybridized carbons (Fsp3) is 0.611. The normalized spacial score (nSPS) is 16.3. The molecule has 1 aromatic rings. The topological polar surface area (TPSA) is 101 Å². The van der Waals surface area contributed by atoms with Gasteiger partial charge in [-0.2, -0.15) is 0 Å². The first-order valence-corrected chi connectivity index (χ1v) is 9.09. The van der Waals surface area contributed by atoms with E-state index in [4.69, 9.17) is 5.73 Å². The van der Waals surface area contributed by atoms with Crippen molar-refractivity contribution in [2.24, 2.45) is 5.92 Å². The second kappa shape index (κ2) is 8.69. The highest BCUT2D eigenvalue weighted by Crippen LogP contribution is 2.24. The first kappa shape index (κ1) is 19.0.